The molecule has 1 saturated heterocycles. The van der Waals surface area contributed by atoms with Gasteiger partial charge in [-0.15, -0.1) is 0 Å². The first-order valence-electron chi connectivity index (χ1n) is 5.87. The van der Waals surface area contributed by atoms with Gasteiger partial charge in [0, 0.05) is 31.2 Å². The van der Waals surface area contributed by atoms with Crippen LogP contribution in [0.25, 0.3) is 0 Å². The molecular formula is C11H13Cl2N3O3S. The summed E-state index contributed by atoms with van der Waals surface area (Å²) in [5, 5.41) is 3.02. The zero-order valence-corrected chi connectivity index (χ0v) is 12.7. The Morgan fingerprint density at radius 3 is 2.75 bits per heavy atom. The third kappa shape index (κ3) is 3.54. The molecule has 1 fully saturated rings. The number of halogens is 2. The molecule has 1 aromatic carbocycles. The first-order chi connectivity index (χ1) is 9.40. The molecule has 2 N–H and O–H groups in total. The van der Waals surface area contributed by atoms with Gasteiger partial charge in [-0.05, 0) is 18.2 Å². The molecule has 6 nitrogen and oxygen atoms in total. The molecule has 1 heterocycles. The van der Waals surface area contributed by atoms with Crippen LogP contribution in [0, 0.1) is 0 Å². The van der Waals surface area contributed by atoms with Gasteiger partial charge in [0.2, 0.25) is 10.0 Å². The first kappa shape index (κ1) is 15.4. The number of hydrogen-bond acceptors (Lipinski definition) is 3. The van der Waals surface area contributed by atoms with E-state index in [1.807, 2.05) is 0 Å². The lowest BCUT2D eigenvalue weighted by Crippen LogP contribution is -2.36. The van der Waals surface area contributed by atoms with Crippen LogP contribution in [-0.4, -0.2) is 45.5 Å². The van der Waals surface area contributed by atoms with E-state index >= 15 is 0 Å². The molecule has 2 amide bonds. The molecule has 0 unspecified atom stereocenters. The van der Waals surface area contributed by atoms with Crippen molar-refractivity contribution in [3.05, 3.63) is 28.2 Å². The van der Waals surface area contributed by atoms with Gasteiger partial charge < -0.3 is 10.2 Å². The summed E-state index contributed by atoms with van der Waals surface area (Å²) < 4.78 is 26.6. The van der Waals surface area contributed by atoms with E-state index in [1.54, 1.807) is 0 Å². The SMILES string of the molecule is O=C1NCCN1CCNS(=O)(=O)c1cc(Cl)ccc1Cl. The molecule has 1 aromatic rings. The van der Waals surface area contributed by atoms with Crippen molar-refractivity contribution in [3.63, 3.8) is 0 Å². The minimum atomic E-state index is -3.75. The van der Waals surface area contributed by atoms with Crippen molar-refractivity contribution in [2.75, 3.05) is 26.2 Å². The van der Waals surface area contributed by atoms with Crippen LogP contribution in [0.2, 0.25) is 10.0 Å². The van der Waals surface area contributed by atoms with Crippen molar-refractivity contribution in [1.29, 1.82) is 0 Å². The van der Waals surface area contributed by atoms with Gasteiger partial charge in [0.05, 0.1) is 5.02 Å². The number of nitrogens with one attached hydrogen (secondary N) is 2. The summed E-state index contributed by atoms with van der Waals surface area (Å²) in [6.07, 6.45) is 0. The predicted molar refractivity (Wildman–Crippen MR) is 76.6 cm³/mol. The van der Waals surface area contributed by atoms with Crippen LogP contribution in [-0.2, 0) is 10.0 Å². The standard InChI is InChI=1S/C11H13Cl2N3O3S/c12-8-1-2-9(13)10(7-8)20(18,19)15-4-6-16-5-3-14-11(16)17/h1-2,7,15H,3-6H2,(H,14,17). The molecule has 110 valence electrons. The predicted octanol–water partition coefficient (Wildman–Crippen LogP) is 1.30. The molecule has 1 aliphatic rings. The van der Waals surface area contributed by atoms with E-state index in [0.29, 0.717) is 19.6 Å². The van der Waals surface area contributed by atoms with Crippen molar-refractivity contribution < 1.29 is 13.2 Å². The number of carbonyl (C=O) groups is 1. The maximum Gasteiger partial charge on any atom is 0.317 e. The lowest BCUT2D eigenvalue weighted by Gasteiger charge is -2.14. The van der Waals surface area contributed by atoms with E-state index < -0.39 is 10.0 Å². The Bertz CT molecular complexity index is 621. The number of nitrogens with zero attached hydrogens (tertiary/aromatic N) is 1. The summed E-state index contributed by atoms with van der Waals surface area (Å²) in [6.45, 7) is 1.55. The maximum atomic E-state index is 12.1. The quantitative estimate of drug-likeness (QED) is 0.849. The highest BCUT2D eigenvalue weighted by molar-refractivity contribution is 7.89. The number of rotatable bonds is 5. The number of amides is 2. The summed E-state index contributed by atoms with van der Waals surface area (Å²) in [7, 11) is -3.75. The van der Waals surface area contributed by atoms with Crippen molar-refractivity contribution >= 4 is 39.3 Å². The van der Waals surface area contributed by atoms with Gasteiger partial charge >= 0.3 is 6.03 Å². The fourth-order valence-corrected chi connectivity index (χ4v) is 3.58. The zero-order valence-electron chi connectivity index (χ0n) is 10.4. The van der Waals surface area contributed by atoms with Crippen molar-refractivity contribution in [2.45, 2.75) is 4.90 Å². The highest BCUT2D eigenvalue weighted by Crippen LogP contribution is 2.24. The van der Waals surface area contributed by atoms with E-state index in [0.717, 1.165) is 0 Å². The number of urea groups is 1. The summed E-state index contributed by atoms with van der Waals surface area (Å²) >= 11 is 11.6. The number of hydrogen-bond donors (Lipinski definition) is 2. The van der Waals surface area contributed by atoms with Gasteiger partial charge in [-0.25, -0.2) is 17.9 Å². The number of carbonyl (C=O) groups excluding carboxylic acids is 1. The number of sulfonamides is 1. The van der Waals surface area contributed by atoms with Crippen molar-refractivity contribution in [1.82, 2.24) is 14.9 Å². The second-order valence-corrected chi connectivity index (χ2v) is 6.77. The van der Waals surface area contributed by atoms with Gasteiger partial charge in [0.1, 0.15) is 4.90 Å². The Morgan fingerprint density at radius 1 is 1.35 bits per heavy atom. The van der Waals surface area contributed by atoms with Crippen LogP contribution in [0.3, 0.4) is 0 Å². The van der Waals surface area contributed by atoms with Gasteiger partial charge in [-0.2, -0.15) is 0 Å². The minimum Gasteiger partial charge on any atom is -0.336 e. The molecule has 1 aliphatic heterocycles. The summed E-state index contributed by atoms with van der Waals surface area (Å²) in [6, 6.07) is 4.03. The van der Waals surface area contributed by atoms with E-state index in [2.05, 4.69) is 10.0 Å². The first-order valence-corrected chi connectivity index (χ1v) is 8.11. The third-order valence-electron chi connectivity index (χ3n) is 2.80. The van der Waals surface area contributed by atoms with Crippen LogP contribution in [0.5, 0.6) is 0 Å². The van der Waals surface area contributed by atoms with Gasteiger partial charge in [0.25, 0.3) is 0 Å². The molecule has 0 spiro atoms. The zero-order chi connectivity index (χ0) is 14.8. The highest BCUT2D eigenvalue weighted by Gasteiger charge is 2.21. The number of benzene rings is 1. The van der Waals surface area contributed by atoms with Crippen LogP contribution in [0.15, 0.2) is 23.1 Å². The molecule has 0 aromatic heterocycles. The van der Waals surface area contributed by atoms with Crippen LogP contribution >= 0.6 is 23.2 Å². The summed E-state index contributed by atoms with van der Waals surface area (Å²) in [5.41, 5.74) is 0. The Morgan fingerprint density at radius 2 is 2.10 bits per heavy atom. The van der Waals surface area contributed by atoms with Crippen LogP contribution in [0.4, 0.5) is 4.79 Å². The highest BCUT2D eigenvalue weighted by atomic mass is 35.5. The fraction of sp³-hybridized carbons (Fsp3) is 0.364. The summed E-state index contributed by atoms with van der Waals surface area (Å²) in [5.74, 6) is 0. The Labute approximate surface area is 127 Å². The normalized spacial score (nSPS) is 15.5. The topological polar surface area (TPSA) is 78.5 Å². The lowest BCUT2D eigenvalue weighted by molar-refractivity contribution is 0.218. The Kier molecular flexibility index (Phi) is 4.74. The maximum absolute atomic E-state index is 12.1. The molecule has 0 aliphatic carbocycles. The average Bonchev–Trinajstić information content (AvgIpc) is 2.78. The summed E-state index contributed by atoms with van der Waals surface area (Å²) in [4.78, 5) is 12.8. The van der Waals surface area contributed by atoms with E-state index in [1.165, 1.54) is 23.1 Å². The van der Waals surface area contributed by atoms with Gasteiger partial charge in [-0.1, -0.05) is 23.2 Å². The van der Waals surface area contributed by atoms with Gasteiger partial charge in [-0.3, -0.25) is 0 Å². The van der Waals surface area contributed by atoms with Crippen LogP contribution < -0.4 is 10.0 Å². The van der Waals surface area contributed by atoms with Crippen LogP contribution in [0.1, 0.15) is 0 Å². The molecule has 0 bridgehead atoms. The third-order valence-corrected chi connectivity index (χ3v) is 4.98. The molecule has 0 radical (unpaired) electrons. The fourth-order valence-electron chi connectivity index (χ4n) is 1.80. The lowest BCUT2D eigenvalue weighted by atomic mass is 10.4. The molecular weight excluding hydrogens is 325 g/mol. The van der Waals surface area contributed by atoms with E-state index in [9.17, 15) is 13.2 Å². The molecule has 0 atom stereocenters. The second kappa shape index (κ2) is 6.17. The largest absolute Gasteiger partial charge is 0.336 e. The van der Waals surface area contributed by atoms with Crippen molar-refractivity contribution in [2.24, 2.45) is 0 Å². The second-order valence-electron chi connectivity index (χ2n) is 4.19. The monoisotopic (exact) mass is 337 g/mol. The molecule has 9 heteroatoms. The molecule has 0 saturated carbocycles. The Balaban J connectivity index is 2.00. The minimum absolute atomic E-state index is 0.0717. The Hall–Kier alpha value is -1.02. The van der Waals surface area contributed by atoms with E-state index in [4.69, 9.17) is 23.2 Å². The molecule has 2 rings (SSSR count). The van der Waals surface area contributed by atoms with E-state index in [-0.39, 0.29) is 27.5 Å². The average molecular weight is 338 g/mol. The molecule has 20 heavy (non-hydrogen) atoms. The van der Waals surface area contributed by atoms with Crippen molar-refractivity contribution in [3.8, 4) is 0 Å². The smallest absolute Gasteiger partial charge is 0.317 e. The van der Waals surface area contributed by atoms with Gasteiger partial charge in [0.15, 0.2) is 0 Å².